The van der Waals surface area contributed by atoms with Crippen molar-refractivity contribution in [1.82, 2.24) is 10.2 Å². The minimum Gasteiger partial charge on any atom is -0.312 e. The lowest BCUT2D eigenvalue weighted by Gasteiger charge is -2.30. The third kappa shape index (κ3) is 4.79. The molecule has 0 aromatic heterocycles. The van der Waals surface area contributed by atoms with Crippen LogP contribution in [0.25, 0.3) is 0 Å². The van der Waals surface area contributed by atoms with Gasteiger partial charge in [-0.2, -0.15) is 0 Å². The molecular weight excluding hydrogens is 220 g/mol. The molecule has 1 aromatic rings. The molecule has 0 heterocycles. The summed E-state index contributed by atoms with van der Waals surface area (Å²) >= 11 is 0. The molecule has 1 N–H and O–H groups in total. The van der Waals surface area contributed by atoms with E-state index in [2.05, 4.69) is 69.2 Å². The van der Waals surface area contributed by atoms with Crippen molar-refractivity contribution < 1.29 is 0 Å². The summed E-state index contributed by atoms with van der Waals surface area (Å²) in [5.41, 5.74) is 3.11. The van der Waals surface area contributed by atoms with Crippen LogP contribution in [0, 0.1) is 12.3 Å². The normalized spacial score (nSPS) is 13.9. The Morgan fingerprint density at radius 2 is 1.83 bits per heavy atom. The molecular formula is C16H28N2. The molecule has 0 amide bonds. The van der Waals surface area contributed by atoms with E-state index >= 15 is 0 Å². The van der Waals surface area contributed by atoms with Crippen molar-refractivity contribution in [1.29, 1.82) is 0 Å². The Hall–Kier alpha value is -0.860. The fraction of sp³-hybridized carbons (Fsp3) is 0.625. The lowest BCUT2D eigenvalue weighted by Crippen LogP contribution is -2.36. The Labute approximate surface area is 112 Å². The average molecular weight is 248 g/mol. The number of likely N-dealkylation sites (N-methyl/N-ethyl adjacent to an activating group) is 2. The van der Waals surface area contributed by atoms with Gasteiger partial charge in [0.1, 0.15) is 0 Å². The van der Waals surface area contributed by atoms with Crippen LogP contribution < -0.4 is 5.32 Å². The zero-order valence-electron chi connectivity index (χ0n) is 12.7. The summed E-state index contributed by atoms with van der Waals surface area (Å²) < 4.78 is 0. The van der Waals surface area contributed by atoms with E-state index in [1.807, 2.05) is 7.05 Å². The molecule has 102 valence electrons. The van der Waals surface area contributed by atoms with Crippen LogP contribution in [-0.2, 0) is 0 Å². The quantitative estimate of drug-likeness (QED) is 0.860. The van der Waals surface area contributed by atoms with Crippen LogP contribution in [0.1, 0.15) is 37.9 Å². The molecule has 1 atom stereocenters. The smallest absolute Gasteiger partial charge is 0.0449 e. The fourth-order valence-corrected chi connectivity index (χ4v) is 2.51. The van der Waals surface area contributed by atoms with Crippen molar-refractivity contribution in [2.45, 2.75) is 33.7 Å². The number of aryl methyl sites for hydroxylation is 1. The Morgan fingerprint density at radius 3 is 2.33 bits per heavy atom. The molecule has 0 saturated heterocycles. The minimum atomic E-state index is 0.346. The second-order valence-electron chi connectivity index (χ2n) is 6.46. The molecule has 0 bridgehead atoms. The highest BCUT2D eigenvalue weighted by atomic mass is 15.1. The monoisotopic (exact) mass is 248 g/mol. The molecule has 0 radical (unpaired) electrons. The predicted molar refractivity (Wildman–Crippen MR) is 79.9 cm³/mol. The maximum absolute atomic E-state index is 3.43. The molecule has 18 heavy (non-hydrogen) atoms. The summed E-state index contributed by atoms with van der Waals surface area (Å²) in [6.45, 7) is 11.2. The summed E-state index contributed by atoms with van der Waals surface area (Å²) in [5.74, 6) is 0. The predicted octanol–water partition coefficient (Wildman–Crippen LogP) is 3.23. The zero-order valence-corrected chi connectivity index (χ0v) is 12.7. The van der Waals surface area contributed by atoms with Crippen LogP contribution in [0.4, 0.5) is 0 Å². The molecule has 0 aliphatic carbocycles. The first-order valence-electron chi connectivity index (χ1n) is 6.75. The first-order chi connectivity index (χ1) is 8.33. The average Bonchev–Trinajstić information content (AvgIpc) is 2.24. The molecule has 0 aliphatic rings. The molecule has 2 heteroatoms. The van der Waals surface area contributed by atoms with Crippen LogP contribution in [0.15, 0.2) is 24.3 Å². The van der Waals surface area contributed by atoms with Gasteiger partial charge >= 0.3 is 0 Å². The van der Waals surface area contributed by atoms with Gasteiger partial charge in [-0.1, -0.05) is 45.0 Å². The van der Waals surface area contributed by atoms with Gasteiger partial charge in [0.15, 0.2) is 0 Å². The highest BCUT2D eigenvalue weighted by Crippen LogP contribution is 2.20. The van der Waals surface area contributed by atoms with Gasteiger partial charge in [0.05, 0.1) is 0 Å². The summed E-state index contributed by atoms with van der Waals surface area (Å²) in [6, 6.07) is 9.03. The number of rotatable bonds is 5. The molecule has 1 aromatic carbocycles. The summed E-state index contributed by atoms with van der Waals surface area (Å²) in [4.78, 5) is 2.41. The van der Waals surface area contributed by atoms with Crippen LogP contribution in [-0.4, -0.2) is 32.1 Å². The topological polar surface area (TPSA) is 15.3 Å². The number of hydrogen-bond donors (Lipinski definition) is 1. The van der Waals surface area contributed by atoms with E-state index in [0.29, 0.717) is 11.5 Å². The molecule has 0 fully saturated rings. The van der Waals surface area contributed by atoms with Crippen molar-refractivity contribution in [3.05, 3.63) is 35.4 Å². The van der Waals surface area contributed by atoms with Gasteiger partial charge in [0.2, 0.25) is 0 Å². The molecule has 0 aliphatic heterocycles. The fourth-order valence-electron chi connectivity index (χ4n) is 2.51. The molecule has 0 saturated carbocycles. The van der Waals surface area contributed by atoms with Gasteiger partial charge in [0.25, 0.3) is 0 Å². The van der Waals surface area contributed by atoms with E-state index in [4.69, 9.17) is 0 Å². The van der Waals surface area contributed by atoms with E-state index in [0.717, 1.165) is 13.1 Å². The van der Waals surface area contributed by atoms with E-state index in [1.54, 1.807) is 0 Å². The number of nitrogens with zero attached hydrogens (tertiary/aromatic N) is 1. The Balaban J connectivity index is 2.71. The van der Waals surface area contributed by atoms with E-state index in [-0.39, 0.29) is 0 Å². The number of benzene rings is 1. The SMILES string of the molecule is CNC(CN(C)CC(C)(C)C)c1ccccc1C. The lowest BCUT2D eigenvalue weighted by atomic mass is 9.95. The second-order valence-corrected chi connectivity index (χ2v) is 6.46. The first kappa shape index (κ1) is 15.2. The van der Waals surface area contributed by atoms with Gasteiger partial charge < -0.3 is 10.2 Å². The lowest BCUT2D eigenvalue weighted by molar-refractivity contribution is 0.210. The maximum atomic E-state index is 3.43. The first-order valence-corrected chi connectivity index (χ1v) is 6.75. The van der Waals surface area contributed by atoms with Crippen molar-refractivity contribution in [2.24, 2.45) is 5.41 Å². The van der Waals surface area contributed by atoms with Gasteiger partial charge in [-0.3, -0.25) is 0 Å². The van der Waals surface area contributed by atoms with Gasteiger partial charge in [-0.15, -0.1) is 0 Å². The Bertz CT molecular complexity index is 366. The van der Waals surface area contributed by atoms with Gasteiger partial charge in [-0.05, 0) is 37.6 Å². The highest BCUT2D eigenvalue weighted by molar-refractivity contribution is 5.28. The molecule has 2 nitrogen and oxygen atoms in total. The van der Waals surface area contributed by atoms with Crippen molar-refractivity contribution in [2.75, 3.05) is 27.2 Å². The Kier molecular flexibility index (Phi) is 5.36. The van der Waals surface area contributed by atoms with E-state index in [9.17, 15) is 0 Å². The van der Waals surface area contributed by atoms with Crippen LogP contribution in [0.2, 0.25) is 0 Å². The van der Waals surface area contributed by atoms with Crippen LogP contribution >= 0.6 is 0 Å². The molecule has 1 unspecified atom stereocenters. The summed E-state index contributed by atoms with van der Waals surface area (Å²) in [6.07, 6.45) is 0. The Morgan fingerprint density at radius 1 is 1.22 bits per heavy atom. The molecule has 1 rings (SSSR count). The highest BCUT2D eigenvalue weighted by Gasteiger charge is 2.18. The van der Waals surface area contributed by atoms with E-state index in [1.165, 1.54) is 11.1 Å². The maximum Gasteiger partial charge on any atom is 0.0449 e. The number of hydrogen-bond acceptors (Lipinski definition) is 2. The number of nitrogens with one attached hydrogen (secondary N) is 1. The molecule has 0 spiro atoms. The van der Waals surface area contributed by atoms with Gasteiger partial charge in [0, 0.05) is 19.1 Å². The zero-order chi connectivity index (χ0) is 13.8. The van der Waals surface area contributed by atoms with Crippen LogP contribution in [0.3, 0.4) is 0 Å². The summed E-state index contributed by atoms with van der Waals surface area (Å²) in [5, 5.41) is 3.43. The van der Waals surface area contributed by atoms with Crippen LogP contribution in [0.5, 0.6) is 0 Å². The third-order valence-corrected chi connectivity index (χ3v) is 3.15. The van der Waals surface area contributed by atoms with Crippen molar-refractivity contribution in [3.8, 4) is 0 Å². The van der Waals surface area contributed by atoms with Gasteiger partial charge in [-0.25, -0.2) is 0 Å². The van der Waals surface area contributed by atoms with E-state index < -0.39 is 0 Å². The van der Waals surface area contributed by atoms with Crippen molar-refractivity contribution in [3.63, 3.8) is 0 Å². The summed E-state index contributed by atoms with van der Waals surface area (Å²) in [7, 11) is 4.25. The van der Waals surface area contributed by atoms with Crippen molar-refractivity contribution >= 4 is 0 Å². The second kappa shape index (κ2) is 6.35. The minimum absolute atomic E-state index is 0.346. The third-order valence-electron chi connectivity index (χ3n) is 3.15. The standard InChI is InChI=1S/C16H28N2/c1-13-9-7-8-10-14(13)15(17-5)11-18(6)12-16(2,3)4/h7-10,15,17H,11-12H2,1-6H3. The largest absolute Gasteiger partial charge is 0.312 e.